The maximum Gasteiger partial charge on any atom is 0.397 e. The summed E-state index contributed by atoms with van der Waals surface area (Å²) in [5.74, 6) is -7.11. The van der Waals surface area contributed by atoms with E-state index < -0.39 is 30.0 Å². The topological polar surface area (TPSA) is 68.4 Å². The van der Waals surface area contributed by atoms with Crippen LogP contribution in [0.3, 0.4) is 0 Å². The van der Waals surface area contributed by atoms with Crippen LogP contribution in [0.25, 0.3) is 10.9 Å². The summed E-state index contributed by atoms with van der Waals surface area (Å²) < 4.78 is 49.6. The van der Waals surface area contributed by atoms with Crippen LogP contribution in [-0.4, -0.2) is 37.3 Å². The minimum absolute atomic E-state index is 0.214. The lowest BCUT2D eigenvalue weighted by molar-refractivity contribution is -0.187. The molecule has 0 unspecified atom stereocenters. The Kier molecular flexibility index (Phi) is 4.63. The van der Waals surface area contributed by atoms with Crippen LogP contribution in [-0.2, 0) is 19.1 Å². The molecule has 1 heterocycles. The van der Waals surface area contributed by atoms with Gasteiger partial charge in [0.05, 0.1) is 14.2 Å². The molecule has 23 heavy (non-hydrogen) atoms. The number of aromatic amines is 1. The summed E-state index contributed by atoms with van der Waals surface area (Å²) in [6, 6.07) is 6.30. The molecule has 1 aromatic carbocycles. The zero-order valence-electron chi connectivity index (χ0n) is 12.3. The number of esters is 2. The van der Waals surface area contributed by atoms with Gasteiger partial charge in [0, 0.05) is 17.1 Å². The van der Waals surface area contributed by atoms with E-state index in [4.69, 9.17) is 0 Å². The van der Waals surface area contributed by atoms with Crippen molar-refractivity contribution in [1.82, 2.24) is 4.98 Å². The Balaban J connectivity index is 2.65. The van der Waals surface area contributed by atoms with Gasteiger partial charge in [-0.3, -0.25) is 9.59 Å². The van der Waals surface area contributed by atoms with Gasteiger partial charge in [0.1, 0.15) is 5.92 Å². The van der Waals surface area contributed by atoms with E-state index in [-0.39, 0.29) is 10.9 Å². The minimum atomic E-state index is -4.85. The van der Waals surface area contributed by atoms with Gasteiger partial charge in [0.15, 0.2) is 5.92 Å². The van der Waals surface area contributed by atoms with Crippen LogP contribution in [0.2, 0.25) is 0 Å². The van der Waals surface area contributed by atoms with E-state index in [1.54, 1.807) is 18.2 Å². The number of benzene rings is 1. The molecule has 0 bridgehead atoms. The number of aromatic nitrogens is 1. The van der Waals surface area contributed by atoms with Gasteiger partial charge >= 0.3 is 18.1 Å². The Labute approximate surface area is 129 Å². The monoisotopic (exact) mass is 329 g/mol. The Bertz CT molecular complexity index is 707. The number of para-hydroxylation sites is 1. The van der Waals surface area contributed by atoms with Crippen LogP contribution in [0, 0.1) is 5.92 Å². The minimum Gasteiger partial charge on any atom is -0.468 e. The standard InChI is InChI=1S/C15H14F3NO4/c1-22-13(20)11(14(21)23-2)12(15(16,17)18)9-7-19-10-6-4-3-5-8(9)10/h3-7,11-12,19H,1-2H3/t12-/m0/s1. The van der Waals surface area contributed by atoms with Gasteiger partial charge in [-0.15, -0.1) is 0 Å². The second kappa shape index (κ2) is 6.31. The van der Waals surface area contributed by atoms with Crippen LogP contribution in [0.15, 0.2) is 30.5 Å². The van der Waals surface area contributed by atoms with E-state index in [9.17, 15) is 22.8 Å². The van der Waals surface area contributed by atoms with Crippen molar-refractivity contribution in [1.29, 1.82) is 0 Å². The number of methoxy groups -OCH3 is 2. The highest BCUT2D eigenvalue weighted by atomic mass is 19.4. The highest BCUT2D eigenvalue weighted by Gasteiger charge is 2.53. The average molecular weight is 329 g/mol. The largest absolute Gasteiger partial charge is 0.468 e. The molecule has 8 heteroatoms. The number of rotatable bonds is 4. The average Bonchev–Trinajstić information content (AvgIpc) is 2.93. The molecule has 2 aromatic rings. The maximum absolute atomic E-state index is 13.6. The summed E-state index contributed by atoms with van der Waals surface area (Å²) in [4.78, 5) is 26.3. The van der Waals surface area contributed by atoms with Crippen LogP contribution in [0.5, 0.6) is 0 Å². The molecular formula is C15H14F3NO4. The lowest BCUT2D eigenvalue weighted by Gasteiger charge is -2.25. The summed E-state index contributed by atoms with van der Waals surface area (Å²) in [6.07, 6.45) is -3.71. The van der Waals surface area contributed by atoms with Crippen molar-refractivity contribution in [3.8, 4) is 0 Å². The number of carbonyl (C=O) groups is 2. The highest BCUT2D eigenvalue weighted by molar-refractivity contribution is 5.97. The molecule has 0 spiro atoms. The van der Waals surface area contributed by atoms with Crippen LogP contribution in [0.1, 0.15) is 11.5 Å². The first-order valence-electron chi connectivity index (χ1n) is 6.59. The van der Waals surface area contributed by atoms with Crippen molar-refractivity contribution >= 4 is 22.8 Å². The van der Waals surface area contributed by atoms with Crippen molar-refractivity contribution in [3.05, 3.63) is 36.0 Å². The summed E-state index contributed by atoms with van der Waals surface area (Å²) in [6.45, 7) is 0. The number of H-pyrrole nitrogens is 1. The molecule has 124 valence electrons. The van der Waals surface area contributed by atoms with Gasteiger partial charge in [-0.1, -0.05) is 18.2 Å². The van der Waals surface area contributed by atoms with Gasteiger partial charge in [-0.25, -0.2) is 0 Å². The lowest BCUT2D eigenvalue weighted by Crippen LogP contribution is -2.39. The molecule has 1 atom stereocenters. The molecule has 0 saturated carbocycles. The first kappa shape index (κ1) is 16.9. The van der Waals surface area contributed by atoms with Gasteiger partial charge in [-0.2, -0.15) is 13.2 Å². The van der Waals surface area contributed by atoms with Gasteiger partial charge < -0.3 is 14.5 Å². The third-order valence-corrected chi connectivity index (χ3v) is 3.55. The second-order valence-corrected chi connectivity index (χ2v) is 4.83. The van der Waals surface area contributed by atoms with E-state index >= 15 is 0 Å². The molecule has 1 N–H and O–H groups in total. The number of ether oxygens (including phenoxy) is 2. The molecule has 0 aliphatic heterocycles. The number of fused-ring (bicyclic) bond motifs is 1. The van der Waals surface area contributed by atoms with Gasteiger partial charge in [0.2, 0.25) is 0 Å². The van der Waals surface area contributed by atoms with E-state index in [0.29, 0.717) is 5.52 Å². The Morgan fingerprint density at radius 2 is 1.65 bits per heavy atom. The van der Waals surface area contributed by atoms with E-state index in [1.165, 1.54) is 6.07 Å². The summed E-state index contributed by atoms with van der Waals surface area (Å²) in [5, 5.41) is 0.271. The van der Waals surface area contributed by atoms with Crippen LogP contribution in [0.4, 0.5) is 13.2 Å². The third-order valence-electron chi connectivity index (χ3n) is 3.55. The fraction of sp³-hybridized carbons (Fsp3) is 0.333. The molecule has 0 amide bonds. The van der Waals surface area contributed by atoms with Crippen molar-refractivity contribution in [2.24, 2.45) is 5.92 Å². The Morgan fingerprint density at radius 3 is 2.17 bits per heavy atom. The zero-order chi connectivity index (χ0) is 17.2. The predicted octanol–water partition coefficient (Wildman–Crippen LogP) is 2.78. The first-order valence-corrected chi connectivity index (χ1v) is 6.59. The fourth-order valence-corrected chi connectivity index (χ4v) is 2.52. The third kappa shape index (κ3) is 3.15. The van der Waals surface area contributed by atoms with E-state index in [1.807, 2.05) is 0 Å². The Hall–Kier alpha value is -2.51. The van der Waals surface area contributed by atoms with E-state index in [2.05, 4.69) is 14.5 Å². The summed E-state index contributed by atoms with van der Waals surface area (Å²) in [5.41, 5.74) is 0.249. The number of nitrogens with one attached hydrogen (secondary N) is 1. The van der Waals surface area contributed by atoms with Crippen molar-refractivity contribution < 1.29 is 32.2 Å². The van der Waals surface area contributed by atoms with Crippen molar-refractivity contribution in [2.75, 3.05) is 14.2 Å². The first-order chi connectivity index (χ1) is 10.8. The maximum atomic E-state index is 13.6. The number of hydrogen-bond donors (Lipinski definition) is 1. The molecule has 1 aromatic heterocycles. The molecule has 0 saturated heterocycles. The number of halogens is 3. The van der Waals surface area contributed by atoms with Crippen LogP contribution < -0.4 is 0 Å². The predicted molar refractivity (Wildman–Crippen MR) is 74.6 cm³/mol. The number of alkyl halides is 3. The molecule has 0 aliphatic rings. The second-order valence-electron chi connectivity index (χ2n) is 4.83. The van der Waals surface area contributed by atoms with Crippen molar-refractivity contribution in [2.45, 2.75) is 12.1 Å². The Morgan fingerprint density at radius 1 is 1.09 bits per heavy atom. The molecule has 5 nitrogen and oxygen atoms in total. The molecular weight excluding hydrogens is 315 g/mol. The molecule has 0 fully saturated rings. The fourth-order valence-electron chi connectivity index (χ4n) is 2.52. The lowest BCUT2D eigenvalue weighted by atomic mass is 9.85. The SMILES string of the molecule is COC(=O)C(C(=O)OC)[C@H](c1c[nH]c2ccccc12)C(F)(F)F. The summed E-state index contributed by atoms with van der Waals surface area (Å²) >= 11 is 0. The molecule has 2 rings (SSSR count). The molecule has 0 radical (unpaired) electrons. The normalized spacial score (nSPS) is 13.1. The number of carbonyl (C=O) groups excluding carboxylic acids is 2. The highest BCUT2D eigenvalue weighted by Crippen LogP contribution is 2.43. The van der Waals surface area contributed by atoms with E-state index in [0.717, 1.165) is 20.4 Å². The summed E-state index contributed by atoms with van der Waals surface area (Å²) in [7, 11) is 1.84. The quantitative estimate of drug-likeness (QED) is 0.692. The van der Waals surface area contributed by atoms with Gasteiger partial charge in [-0.05, 0) is 11.6 Å². The van der Waals surface area contributed by atoms with Crippen LogP contribution >= 0.6 is 0 Å². The van der Waals surface area contributed by atoms with Gasteiger partial charge in [0.25, 0.3) is 0 Å². The zero-order valence-corrected chi connectivity index (χ0v) is 12.3. The number of hydrogen-bond acceptors (Lipinski definition) is 4. The smallest absolute Gasteiger partial charge is 0.397 e. The van der Waals surface area contributed by atoms with Crippen molar-refractivity contribution in [3.63, 3.8) is 0 Å². The molecule has 0 aliphatic carbocycles.